The summed E-state index contributed by atoms with van der Waals surface area (Å²) in [7, 11) is 0. The number of piperazine rings is 1. The highest BCUT2D eigenvalue weighted by molar-refractivity contribution is 7.80. The summed E-state index contributed by atoms with van der Waals surface area (Å²) in [5, 5.41) is 0. The Kier molecular flexibility index (Phi) is 6.02. The van der Waals surface area contributed by atoms with Gasteiger partial charge in [0.25, 0.3) is 0 Å². The smallest absolute Gasteiger partial charge is 0.225 e. The lowest BCUT2D eigenvalue weighted by Crippen LogP contribution is -2.55. The lowest BCUT2D eigenvalue weighted by atomic mass is 10.1. The van der Waals surface area contributed by atoms with Gasteiger partial charge in [0.05, 0.1) is 11.0 Å². The van der Waals surface area contributed by atoms with Gasteiger partial charge in [-0.15, -0.1) is 0 Å². The molecule has 18 heavy (non-hydrogen) atoms. The van der Waals surface area contributed by atoms with Crippen LogP contribution in [0, 0.1) is 5.92 Å². The fraction of sp³-hybridized carbons (Fsp3) is 0.846. The van der Waals surface area contributed by atoms with E-state index in [1.165, 1.54) is 0 Å². The van der Waals surface area contributed by atoms with E-state index in [9.17, 15) is 4.79 Å². The van der Waals surface area contributed by atoms with E-state index in [-0.39, 0.29) is 17.9 Å². The van der Waals surface area contributed by atoms with Crippen LogP contribution in [0.3, 0.4) is 0 Å². The highest BCUT2D eigenvalue weighted by atomic mass is 32.1. The molecule has 1 unspecified atom stereocenters. The zero-order valence-corrected chi connectivity index (χ0v) is 12.5. The highest BCUT2D eigenvalue weighted by Crippen LogP contribution is 2.13. The minimum Gasteiger partial charge on any atom is -0.392 e. The third-order valence-electron chi connectivity index (χ3n) is 3.45. The molecule has 1 aliphatic rings. The molecule has 1 amide bonds. The van der Waals surface area contributed by atoms with Crippen LogP contribution in [0.5, 0.6) is 0 Å². The summed E-state index contributed by atoms with van der Waals surface area (Å²) in [4.78, 5) is 16.7. The number of nitrogens with zero attached hydrogens (tertiary/aromatic N) is 2. The number of hydrogen-bond donors (Lipinski definition) is 1. The fourth-order valence-corrected chi connectivity index (χ4v) is 2.66. The van der Waals surface area contributed by atoms with Crippen molar-refractivity contribution < 1.29 is 4.79 Å². The predicted molar refractivity (Wildman–Crippen MR) is 78.5 cm³/mol. The molecular weight excluding hydrogens is 246 g/mol. The number of rotatable bonds is 5. The van der Waals surface area contributed by atoms with E-state index in [0.29, 0.717) is 4.99 Å². The Morgan fingerprint density at radius 1 is 1.28 bits per heavy atom. The SMILES string of the molecule is CCCC(C(N)=S)N1CCN(C(=O)C(C)C)CC1. The van der Waals surface area contributed by atoms with Gasteiger partial charge in [-0.1, -0.05) is 39.4 Å². The van der Waals surface area contributed by atoms with Crippen LogP contribution in [-0.2, 0) is 4.79 Å². The average Bonchev–Trinajstić information content (AvgIpc) is 2.35. The molecule has 0 radical (unpaired) electrons. The van der Waals surface area contributed by atoms with Gasteiger partial charge in [0.2, 0.25) is 5.91 Å². The van der Waals surface area contributed by atoms with Gasteiger partial charge >= 0.3 is 0 Å². The van der Waals surface area contributed by atoms with Crippen molar-refractivity contribution >= 4 is 23.1 Å². The van der Waals surface area contributed by atoms with Crippen LogP contribution in [0.2, 0.25) is 0 Å². The molecule has 1 rings (SSSR count). The van der Waals surface area contributed by atoms with Crippen LogP contribution < -0.4 is 5.73 Å². The van der Waals surface area contributed by atoms with Gasteiger partial charge in [0, 0.05) is 32.1 Å². The van der Waals surface area contributed by atoms with Gasteiger partial charge in [0.15, 0.2) is 0 Å². The van der Waals surface area contributed by atoms with Crippen LogP contribution in [0.1, 0.15) is 33.6 Å². The van der Waals surface area contributed by atoms with Gasteiger partial charge in [-0.2, -0.15) is 0 Å². The molecule has 0 aromatic carbocycles. The van der Waals surface area contributed by atoms with Crippen molar-refractivity contribution in [1.82, 2.24) is 9.80 Å². The lowest BCUT2D eigenvalue weighted by molar-refractivity contribution is -0.136. The Morgan fingerprint density at radius 3 is 2.22 bits per heavy atom. The number of thiocarbonyl (C=S) groups is 1. The second-order valence-corrected chi connectivity index (χ2v) is 5.69. The average molecular weight is 271 g/mol. The molecule has 4 nitrogen and oxygen atoms in total. The Morgan fingerprint density at radius 2 is 1.83 bits per heavy atom. The van der Waals surface area contributed by atoms with Gasteiger partial charge in [0.1, 0.15) is 0 Å². The summed E-state index contributed by atoms with van der Waals surface area (Å²) in [6.07, 6.45) is 2.08. The standard InChI is InChI=1S/C13H25N3OS/c1-4-5-11(12(14)18)15-6-8-16(9-7-15)13(17)10(2)3/h10-11H,4-9H2,1-3H3,(H2,14,18). The minimum atomic E-state index is 0.0820. The fourth-order valence-electron chi connectivity index (χ4n) is 2.40. The number of carbonyl (C=O) groups excluding carboxylic acids is 1. The Balaban J connectivity index is 2.52. The van der Waals surface area contributed by atoms with Crippen LogP contribution >= 0.6 is 12.2 Å². The second kappa shape index (κ2) is 7.04. The third kappa shape index (κ3) is 3.92. The van der Waals surface area contributed by atoms with E-state index in [1.807, 2.05) is 18.7 Å². The molecule has 0 aliphatic carbocycles. The lowest BCUT2D eigenvalue weighted by Gasteiger charge is -2.39. The number of amides is 1. The molecule has 104 valence electrons. The Hall–Kier alpha value is -0.680. The van der Waals surface area contributed by atoms with Crippen molar-refractivity contribution in [2.24, 2.45) is 11.7 Å². The molecule has 0 spiro atoms. The second-order valence-electron chi connectivity index (χ2n) is 5.22. The maximum absolute atomic E-state index is 11.9. The van der Waals surface area contributed by atoms with Crippen LogP contribution in [-0.4, -0.2) is 52.9 Å². The van der Waals surface area contributed by atoms with E-state index in [0.717, 1.165) is 39.0 Å². The number of hydrogen-bond acceptors (Lipinski definition) is 3. The molecule has 0 saturated carbocycles. The maximum atomic E-state index is 11.9. The molecule has 1 aliphatic heterocycles. The molecule has 1 fully saturated rings. The molecule has 1 atom stereocenters. The summed E-state index contributed by atoms with van der Waals surface area (Å²) < 4.78 is 0. The first-order valence-electron chi connectivity index (χ1n) is 6.79. The predicted octanol–water partition coefficient (Wildman–Crippen LogP) is 1.24. The molecule has 5 heteroatoms. The largest absolute Gasteiger partial charge is 0.392 e. The number of carbonyl (C=O) groups is 1. The summed E-state index contributed by atoms with van der Waals surface area (Å²) >= 11 is 5.14. The molecule has 0 aromatic rings. The Labute approximate surface area is 115 Å². The molecule has 1 saturated heterocycles. The van der Waals surface area contributed by atoms with Crippen molar-refractivity contribution in [3.63, 3.8) is 0 Å². The zero-order chi connectivity index (χ0) is 13.7. The monoisotopic (exact) mass is 271 g/mol. The van der Waals surface area contributed by atoms with Crippen molar-refractivity contribution in [2.75, 3.05) is 26.2 Å². The third-order valence-corrected chi connectivity index (χ3v) is 3.72. The summed E-state index contributed by atoms with van der Waals surface area (Å²) in [6, 6.07) is 0.196. The van der Waals surface area contributed by atoms with E-state index in [4.69, 9.17) is 18.0 Å². The van der Waals surface area contributed by atoms with Gasteiger partial charge in [-0.3, -0.25) is 9.69 Å². The first-order chi connectivity index (χ1) is 8.47. The van der Waals surface area contributed by atoms with Crippen LogP contribution in [0.4, 0.5) is 0 Å². The molecule has 1 heterocycles. The molecular formula is C13H25N3OS. The first kappa shape index (κ1) is 15.4. The van der Waals surface area contributed by atoms with Gasteiger partial charge < -0.3 is 10.6 Å². The normalized spacial score (nSPS) is 19.0. The van der Waals surface area contributed by atoms with E-state index in [1.54, 1.807) is 0 Å². The summed E-state index contributed by atoms with van der Waals surface area (Å²) in [5.74, 6) is 0.329. The number of nitrogens with two attached hydrogens (primary N) is 1. The highest BCUT2D eigenvalue weighted by Gasteiger charge is 2.27. The van der Waals surface area contributed by atoms with Crippen LogP contribution in [0.25, 0.3) is 0 Å². The molecule has 2 N–H and O–H groups in total. The van der Waals surface area contributed by atoms with E-state index < -0.39 is 0 Å². The van der Waals surface area contributed by atoms with E-state index in [2.05, 4.69) is 11.8 Å². The minimum absolute atomic E-state index is 0.0820. The molecule has 0 bridgehead atoms. The van der Waals surface area contributed by atoms with Crippen molar-refractivity contribution in [3.8, 4) is 0 Å². The van der Waals surface area contributed by atoms with Crippen molar-refractivity contribution in [3.05, 3.63) is 0 Å². The topological polar surface area (TPSA) is 49.6 Å². The maximum Gasteiger partial charge on any atom is 0.225 e. The van der Waals surface area contributed by atoms with Gasteiger partial charge in [-0.05, 0) is 6.42 Å². The van der Waals surface area contributed by atoms with Gasteiger partial charge in [-0.25, -0.2) is 0 Å². The van der Waals surface area contributed by atoms with Crippen LogP contribution in [0.15, 0.2) is 0 Å². The van der Waals surface area contributed by atoms with Crippen molar-refractivity contribution in [1.29, 1.82) is 0 Å². The summed E-state index contributed by atoms with van der Waals surface area (Å²) in [5.41, 5.74) is 5.81. The van der Waals surface area contributed by atoms with Crippen molar-refractivity contribution in [2.45, 2.75) is 39.7 Å². The molecule has 0 aromatic heterocycles. The quantitative estimate of drug-likeness (QED) is 0.764. The first-order valence-corrected chi connectivity index (χ1v) is 7.20. The Bertz CT molecular complexity index is 299. The zero-order valence-electron chi connectivity index (χ0n) is 11.7. The summed E-state index contributed by atoms with van der Waals surface area (Å²) in [6.45, 7) is 9.37. The van der Waals surface area contributed by atoms with E-state index >= 15 is 0 Å².